The zero-order valence-electron chi connectivity index (χ0n) is 14.5. The second-order valence-electron chi connectivity index (χ2n) is 5.43. The fourth-order valence-corrected chi connectivity index (χ4v) is 2.57. The summed E-state index contributed by atoms with van der Waals surface area (Å²) >= 11 is 5.91. The van der Waals surface area contributed by atoms with Crippen LogP contribution in [0.5, 0.6) is 11.8 Å². The molecule has 1 N–H and O–H groups in total. The van der Waals surface area contributed by atoms with Gasteiger partial charge in [-0.2, -0.15) is 9.97 Å². The van der Waals surface area contributed by atoms with Gasteiger partial charge in [-0.15, -0.1) is 0 Å². The van der Waals surface area contributed by atoms with E-state index in [1.54, 1.807) is 30.3 Å². The van der Waals surface area contributed by atoms with Crippen LogP contribution in [0.15, 0.2) is 48.5 Å². The first-order chi connectivity index (χ1) is 13.0. The van der Waals surface area contributed by atoms with Crippen molar-refractivity contribution < 1.29 is 18.7 Å². The number of carbonyl (C=O) groups excluding carboxylic acids is 1. The average Bonchev–Trinajstić information content (AvgIpc) is 2.68. The van der Waals surface area contributed by atoms with Crippen LogP contribution >= 0.6 is 11.6 Å². The third-order valence-electron chi connectivity index (χ3n) is 3.67. The van der Waals surface area contributed by atoms with Gasteiger partial charge in [0.2, 0.25) is 11.8 Å². The van der Waals surface area contributed by atoms with Crippen molar-refractivity contribution in [1.82, 2.24) is 9.97 Å². The van der Waals surface area contributed by atoms with Gasteiger partial charge >= 0.3 is 0 Å². The molecule has 3 aromatic rings. The van der Waals surface area contributed by atoms with Gasteiger partial charge < -0.3 is 14.8 Å². The number of hydrogen-bond acceptors (Lipinski definition) is 5. The van der Waals surface area contributed by atoms with Crippen LogP contribution in [0.3, 0.4) is 0 Å². The Hall–Kier alpha value is -3.19. The quantitative estimate of drug-likeness (QED) is 0.710. The molecular weight excluding hydrogens is 373 g/mol. The number of carbonyl (C=O) groups is 1. The lowest BCUT2D eigenvalue weighted by atomic mass is 10.1. The average molecular weight is 388 g/mol. The second kappa shape index (κ2) is 8.01. The maximum atomic E-state index is 13.1. The number of nitrogens with one attached hydrogen (secondary N) is 1. The summed E-state index contributed by atoms with van der Waals surface area (Å²) in [5.41, 5.74) is 1.44. The number of methoxy groups -OCH3 is 2. The Kier molecular flexibility index (Phi) is 5.52. The predicted molar refractivity (Wildman–Crippen MR) is 99.9 cm³/mol. The van der Waals surface area contributed by atoms with Gasteiger partial charge in [-0.05, 0) is 42.5 Å². The Morgan fingerprint density at radius 2 is 1.63 bits per heavy atom. The van der Waals surface area contributed by atoms with Crippen LogP contribution in [0.25, 0.3) is 11.4 Å². The van der Waals surface area contributed by atoms with Crippen LogP contribution in [0.1, 0.15) is 10.4 Å². The van der Waals surface area contributed by atoms with Crippen LogP contribution in [0.2, 0.25) is 5.02 Å². The standard InChI is InChI=1S/C19H15ClFN3O3/c1-26-16-10-17(27-2)24-18(23-16)11-3-6-13(7-4-11)22-19(25)14-8-5-12(21)9-15(14)20/h3-10H,1-2H3,(H,22,25). The van der Waals surface area contributed by atoms with Crippen molar-refractivity contribution in [2.75, 3.05) is 19.5 Å². The summed E-state index contributed by atoms with van der Waals surface area (Å²) in [6, 6.07) is 12.1. The summed E-state index contributed by atoms with van der Waals surface area (Å²) in [5.74, 6) is 0.229. The number of amides is 1. The van der Waals surface area contributed by atoms with E-state index in [2.05, 4.69) is 15.3 Å². The molecule has 0 unspecified atom stereocenters. The van der Waals surface area contributed by atoms with Crippen LogP contribution in [-0.2, 0) is 0 Å². The van der Waals surface area contributed by atoms with Gasteiger partial charge in [0.25, 0.3) is 5.91 Å². The molecule has 0 atom stereocenters. The molecule has 138 valence electrons. The Morgan fingerprint density at radius 1 is 1.00 bits per heavy atom. The van der Waals surface area contributed by atoms with Crippen molar-refractivity contribution in [2.45, 2.75) is 0 Å². The number of rotatable bonds is 5. The topological polar surface area (TPSA) is 73.3 Å². The molecule has 0 radical (unpaired) electrons. The Morgan fingerprint density at radius 3 is 2.19 bits per heavy atom. The molecule has 1 heterocycles. The van der Waals surface area contributed by atoms with E-state index in [4.69, 9.17) is 21.1 Å². The first kappa shape index (κ1) is 18.6. The molecule has 1 amide bonds. The highest BCUT2D eigenvalue weighted by Crippen LogP contribution is 2.24. The molecule has 0 fully saturated rings. The van der Waals surface area contributed by atoms with E-state index < -0.39 is 11.7 Å². The van der Waals surface area contributed by atoms with Crippen LogP contribution < -0.4 is 14.8 Å². The number of anilines is 1. The summed E-state index contributed by atoms with van der Waals surface area (Å²) in [6.45, 7) is 0. The number of aromatic nitrogens is 2. The lowest BCUT2D eigenvalue weighted by molar-refractivity contribution is 0.102. The Balaban J connectivity index is 1.80. The van der Waals surface area contributed by atoms with Crippen molar-refractivity contribution in [1.29, 1.82) is 0 Å². The SMILES string of the molecule is COc1cc(OC)nc(-c2ccc(NC(=O)c3ccc(F)cc3Cl)cc2)n1. The van der Waals surface area contributed by atoms with Gasteiger partial charge in [0.05, 0.1) is 30.9 Å². The van der Waals surface area contributed by atoms with E-state index in [0.717, 1.165) is 6.07 Å². The molecule has 8 heteroatoms. The number of halogens is 2. The predicted octanol–water partition coefficient (Wildman–Crippen LogP) is 4.21. The number of nitrogens with zero attached hydrogens (tertiary/aromatic N) is 2. The van der Waals surface area contributed by atoms with Gasteiger partial charge in [-0.3, -0.25) is 4.79 Å². The summed E-state index contributed by atoms with van der Waals surface area (Å²) in [4.78, 5) is 20.8. The van der Waals surface area contributed by atoms with Gasteiger partial charge in [-0.1, -0.05) is 11.6 Å². The van der Waals surface area contributed by atoms with Gasteiger partial charge in [0, 0.05) is 11.3 Å². The molecule has 0 bridgehead atoms. The third kappa shape index (κ3) is 4.32. The van der Waals surface area contributed by atoms with Gasteiger partial charge in [-0.25, -0.2) is 4.39 Å². The molecule has 6 nitrogen and oxygen atoms in total. The van der Waals surface area contributed by atoms with Crippen molar-refractivity contribution in [3.63, 3.8) is 0 Å². The monoisotopic (exact) mass is 387 g/mol. The summed E-state index contributed by atoms with van der Waals surface area (Å²) in [6.07, 6.45) is 0. The molecule has 27 heavy (non-hydrogen) atoms. The highest BCUT2D eigenvalue weighted by atomic mass is 35.5. The van der Waals surface area contributed by atoms with E-state index >= 15 is 0 Å². The maximum Gasteiger partial charge on any atom is 0.257 e. The lowest BCUT2D eigenvalue weighted by Crippen LogP contribution is -2.12. The zero-order chi connectivity index (χ0) is 19.4. The van der Waals surface area contributed by atoms with E-state index in [1.807, 2.05) is 0 Å². The van der Waals surface area contributed by atoms with Crippen LogP contribution in [-0.4, -0.2) is 30.1 Å². The molecule has 2 aromatic carbocycles. The highest BCUT2D eigenvalue weighted by molar-refractivity contribution is 6.34. The van der Waals surface area contributed by atoms with E-state index in [1.165, 1.54) is 26.4 Å². The largest absolute Gasteiger partial charge is 0.481 e. The van der Waals surface area contributed by atoms with E-state index in [-0.39, 0.29) is 10.6 Å². The Labute approximate surface area is 159 Å². The first-order valence-electron chi connectivity index (χ1n) is 7.84. The highest BCUT2D eigenvalue weighted by Gasteiger charge is 2.12. The maximum absolute atomic E-state index is 13.1. The van der Waals surface area contributed by atoms with Crippen LogP contribution in [0.4, 0.5) is 10.1 Å². The van der Waals surface area contributed by atoms with Crippen molar-refractivity contribution in [2.24, 2.45) is 0 Å². The van der Waals surface area contributed by atoms with Crippen molar-refractivity contribution >= 4 is 23.2 Å². The van der Waals surface area contributed by atoms with Gasteiger partial charge in [0.15, 0.2) is 5.82 Å². The first-order valence-corrected chi connectivity index (χ1v) is 8.22. The number of hydrogen-bond donors (Lipinski definition) is 1. The number of benzene rings is 2. The number of ether oxygens (including phenoxy) is 2. The molecule has 0 aliphatic heterocycles. The zero-order valence-corrected chi connectivity index (χ0v) is 15.2. The minimum atomic E-state index is -0.505. The van der Waals surface area contributed by atoms with Crippen molar-refractivity contribution in [3.05, 3.63) is 64.9 Å². The molecule has 3 rings (SSSR count). The molecular formula is C19H15ClFN3O3. The molecule has 0 saturated heterocycles. The summed E-state index contributed by atoms with van der Waals surface area (Å²) in [5, 5.41) is 2.75. The van der Waals surface area contributed by atoms with E-state index in [0.29, 0.717) is 28.8 Å². The van der Waals surface area contributed by atoms with Crippen LogP contribution in [0, 0.1) is 5.82 Å². The fraction of sp³-hybridized carbons (Fsp3) is 0.105. The third-order valence-corrected chi connectivity index (χ3v) is 3.99. The van der Waals surface area contributed by atoms with Crippen molar-refractivity contribution in [3.8, 4) is 23.1 Å². The summed E-state index contributed by atoms with van der Waals surface area (Å²) in [7, 11) is 3.01. The lowest BCUT2D eigenvalue weighted by Gasteiger charge is -2.09. The minimum absolute atomic E-state index is 0.0426. The molecule has 1 aromatic heterocycles. The molecule has 0 aliphatic carbocycles. The normalized spacial score (nSPS) is 10.4. The second-order valence-corrected chi connectivity index (χ2v) is 5.84. The Bertz CT molecular complexity index is 958. The van der Waals surface area contributed by atoms with Gasteiger partial charge in [0.1, 0.15) is 5.82 Å². The molecule has 0 spiro atoms. The molecule has 0 aliphatic rings. The minimum Gasteiger partial charge on any atom is -0.481 e. The molecule has 0 saturated carbocycles. The summed E-state index contributed by atoms with van der Waals surface area (Å²) < 4.78 is 23.4. The van der Waals surface area contributed by atoms with E-state index in [9.17, 15) is 9.18 Å². The smallest absolute Gasteiger partial charge is 0.257 e. The fourth-order valence-electron chi connectivity index (χ4n) is 2.32.